The summed E-state index contributed by atoms with van der Waals surface area (Å²) in [4.78, 5) is 23.1. The summed E-state index contributed by atoms with van der Waals surface area (Å²) in [6.45, 7) is 4.32. The van der Waals surface area contributed by atoms with E-state index in [1.807, 2.05) is 13.8 Å². The molecule has 0 heterocycles. The van der Waals surface area contributed by atoms with E-state index < -0.39 is 12.0 Å². The number of hydrogen-bond donors (Lipinski definition) is 2. The van der Waals surface area contributed by atoms with Crippen molar-refractivity contribution in [2.75, 3.05) is 7.11 Å². The molecule has 0 aliphatic heterocycles. The minimum atomic E-state index is -1.01. The highest BCUT2D eigenvalue weighted by molar-refractivity contribution is 5.96. The Balaban J connectivity index is 2.70. The van der Waals surface area contributed by atoms with Crippen molar-refractivity contribution in [2.45, 2.75) is 32.9 Å². The summed E-state index contributed by atoms with van der Waals surface area (Å²) in [7, 11) is 1.60. The minimum absolute atomic E-state index is 0.195. The molecule has 0 unspecified atom stereocenters. The van der Waals surface area contributed by atoms with Gasteiger partial charge in [-0.2, -0.15) is 0 Å². The molecule has 1 aromatic rings. The van der Waals surface area contributed by atoms with Gasteiger partial charge >= 0.3 is 5.97 Å². The van der Waals surface area contributed by atoms with Crippen LogP contribution in [0.25, 0.3) is 0 Å². The second kappa shape index (κ2) is 7.65. The molecule has 1 atom stereocenters. The predicted octanol–water partition coefficient (Wildman–Crippen LogP) is 2.06. The van der Waals surface area contributed by atoms with Crippen molar-refractivity contribution in [3.8, 4) is 0 Å². The van der Waals surface area contributed by atoms with Crippen LogP contribution in [0.1, 0.15) is 36.2 Å². The second-order valence-electron chi connectivity index (χ2n) is 5.12. The van der Waals surface area contributed by atoms with Crippen LogP contribution < -0.4 is 5.32 Å². The number of benzene rings is 1. The maximum atomic E-state index is 12.0. The lowest BCUT2D eigenvalue weighted by atomic mass is 10.0. The van der Waals surface area contributed by atoms with E-state index in [-0.39, 0.29) is 11.8 Å². The van der Waals surface area contributed by atoms with Crippen molar-refractivity contribution >= 4 is 11.9 Å². The zero-order valence-electron chi connectivity index (χ0n) is 12.1. The summed E-state index contributed by atoms with van der Waals surface area (Å²) >= 11 is 0. The molecular formula is C15H21NO4. The molecule has 110 valence electrons. The third-order valence-corrected chi connectivity index (χ3v) is 2.84. The lowest BCUT2D eigenvalue weighted by Gasteiger charge is -2.16. The Bertz CT molecular complexity index is 453. The quantitative estimate of drug-likeness (QED) is 0.801. The Morgan fingerprint density at radius 2 is 1.85 bits per heavy atom. The van der Waals surface area contributed by atoms with Crippen molar-refractivity contribution in [1.29, 1.82) is 0 Å². The summed E-state index contributed by atoms with van der Waals surface area (Å²) in [5.74, 6) is -1.19. The number of amides is 1. The third kappa shape index (κ3) is 5.01. The molecule has 0 saturated heterocycles. The largest absolute Gasteiger partial charge is 0.480 e. The number of rotatable bonds is 7. The number of aliphatic carboxylic acids is 1. The van der Waals surface area contributed by atoms with Crippen LogP contribution in [-0.4, -0.2) is 30.1 Å². The van der Waals surface area contributed by atoms with Gasteiger partial charge in [0.05, 0.1) is 6.61 Å². The van der Waals surface area contributed by atoms with Gasteiger partial charge in [-0.3, -0.25) is 4.79 Å². The van der Waals surface area contributed by atoms with E-state index in [2.05, 4.69) is 5.32 Å². The van der Waals surface area contributed by atoms with Crippen molar-refractivity contribution in [2.24, 2.45) is 5.92 Å². The molecule has 0 radical (unpaired) electrons. The number of methoxy groups -OCH3 is 1. The highest BCUT2D eigenvalue weighted by Crippen LogP contribution is 2.09. The number of carboxylic acid groups (broad SMARTS) is 1. The van der Waals surface area contributed by atoms with Gasteiger partial charge < -0.3 is 15.2 Å². The van der Waals surface area contributed by atoms with Crippen LogP contribution in [0.3, 0.4) is 0 Å². The SMILES string of the molecule is COCc1ccc(C(=O)N[C@H](CC(C)C)C(=O)O)cc1. The van der Waals surface area contributed by atoms with Crippen LogP contribution >= 0.6 is 0 Å². The molecule has 0 fully saturated rings. The smallest absolute Gasteiger partial charge is 0.326 e. The lowest BCUT2D eigenvalue weighted by molar-refractivity contribution is -0.139. The number of ether oxygens (including phenoxy) is 1. The number of nitrogens with one attached hydrogen (secondary N) is 1. The fourth-order valence-corrected chi connectivity index (χ4v) is 1.85. The minimum Gasteiger partial charge on any atom is -0.480 e. The zero-order chi connectivity index (χ0) is 15.1. The first-order valence-electron chi connectivity index (χ1n) is 6.55. The van der Waals surface area contributed by atoms with Crippen LogP contribution in [0, 0.1) is 5.92 Å². The fourth-order valence-electron chi connectivity index (χ4n) is 1.85. The highest BCUT2D eigenvalue weighted by Gasteiger charge is 2.21. The van der Waals surface area contributed by atoms with Gasteiger partial charge in [0.1, 0.15) is 6.04 Å². The molecule has 0 bridgehead atoms. The van der Waals surface area contributed by atoms with Crippen LogP contribution in [0.2, 0.25) is 0 Å². The molecule has 0 aromatic heterocycles. The summed E-state index contributed by atoms with van der Waals surface area (Å²) in [6.07, 6.45) is 0.406. The van der Waals surface area contributed by atoms with Gasteiger partial charge in [-0.1, -0.05) is 26.0 Å². The van der Waals surface area contributed by atoms with Gasteiger partial charge in [-0.05, 0) is 30.0 Å². The monoisotopic (exact) mass is 279 g/mol. The van der Waals surface area contributed by atoms with Crippen LogP contribution in [0.15, 0.2) is 24.3 Å². The maximum absolute atomic E-state index is 12.0. The van der Waals surface area contributed by atoms with E-state index >= 15 is 0 Å². The van der Waals surface area contributed by atoms with Crippen LogP contribution in [-0.2, 0) is 16.1 Å². The van der Waals surface area contributed by atoms with Gasteiger partial charge in [0.25, 0.3) is 5.91 Å². The Hall–Kier alpha value is -1.88. The standard InChI is InChI=1S/C15H21NO4/c1-10(2)8-13(15(18)19)16-14(17)12-6-4-11(5-7-12)9-20-3/h4-7,10,13H,8-9H2,1-3H3,(H,16,17)(H,18,19)/t13-/m1/s1. The molecule has 0 aliphatic carbocycles. The number of carbonyl (C=O) groups excluding carboxylic acids is 1. The number of hydrogen-bond acceptors (Lipinski definition) is 3. The first-order chi connectivity index (χ1) is 9.43. The Labute approximate surface area is 118 Å². The molecule has 0 saturated carbocycles. The Morgan fingerprint density at radius 1 is 1.25 bits per heavy atom. The normalized spacial score (nSPS) is 12.2. The Kier molecular flexibility index (Phi) is 6.18. The summed E-state index contributed by atoms with van der Waals surface area (Å²) in [5, 5.41) is 11.6. The Morgan fingerprint density at radius 3 is 2.30 bits per heavy atom. The van der Waals surface area contributed by atoms with E-state index in [1.54, 1.807) is 31.4 Å². The van der Waals surface area contributed by atoms with E-state index in [9.17, 15) is 9.59 Å². The average Bonchev–Trinajstić information content (AvgIpc) is 2.38. The first-order valence-corrected chi connectivity index (χ1v) is 6.55. The molecule has 20 heavy (non-hydrogen) atoms. The topological polar surface area (TPSA) is 75.6 Å². The van der Waals surface area contributed by atoms with Crippen molar-refractivity contribution in [3.05, 3.63) is 35.4 Å². The van der Waals surface area contributed by atoms with Crippen molar-refractivity contribution in [3.63, 3.8) is 0 Å². The van der Waals surface area contributed by atoms with Crippen LogP contribution in [0.5, 0.6) is 0 Å². The van der Waals surface area contributed by atoms with Crippen LogP contribution in [0.4, 0.5) is 0 Å². The van der Waals surface area contributed by atoms with Gasteiger partial charge in [-0.25, -0.2) is 4.79 Å². The fraction of sp³-hybridized carbons (Fsp3) is 0.467. The average molecular weight is 279 g/mol. The van der Waals surface area contributed by atoms with Gasteiger partial charge in [0.2, 0.25) is 0 Å². The van der Waals surface area contributed by atoms with Gasteiger partial charge in [-0.15, -0.1) is 0 Å². The molecule has 0 spiro atoms. The molecular weight excluding hydrogens is 258 g/mol. The molecule has 1 rings (SSSR count). The zero-order valence-corrected chi connectivity index (χ0v) is 12.1. The van der Waals surface area contributed by atoms with Crippen molar-refractivity contribution in [1.82, 2.24) is 5.32 Å². The second-order valence-corrected chi connectivity index (χ2v) is 5.12. The summed E-state index contributed by atoms with van der Waals surface area (Å²) < 4.78 is 4.99. The highest BCUT2D eigenvalue weighted by atomic mass is 16.5. The molecule has 1 aromatic carbocycles. The van der Waals surface area contributed by atoms with E-state index in [1.165, 1.54) is 0 Å². The van der Waals surface area contributed by atoms with E-state index in [4.69, 9.17) is 9.84 Å². The number of carboxylic acids is 1. The first kappa shape index (κ1) is 16.2. The summed E-state index contributed by atoms with van der Waals surface area (Å²) in [5.41, 5.74) is 1.40. The molecule has 1 amide bonds. The molecule has 5 heteroatoms. The molecule has 0 aliphatic rings. The lowest BCUT2D eigenvalue weighted by Crippen LogP contribution is -2.41. The van der Waals surface area contributed by atoms with Gasteiger partial charge in [0.15, 0.2) is 0 Å². The van der Waals surface area contributed by atoms with E-state index in [0.29, 0.717) is 18.6 Å². The third-order valence-electron chi connectivity index (χ3n) is 2.84. The van der Waals surface area contributed by atoms with E-state index in [0.717, 1.165) is 5.56 Å². The summed E-state index contributed by atoms with van der Waals surface area (Å²) in [6, 6.07) is 6.05. The molecule has 5 nitrogen and oxygen atoms in total. The van der Waals surface area contributed by atoms with Crippen molar-refractivity contribution < 1.29 is 19.4 Å². The molecule has 2 N–H and O–H groups in total. The maximum Gasteiger partial charge on any atom is 0.326 e. The number of carbonyl (C=O) groups is 2. The predicted molar refractivity (Wildman–Crippen MR) is 75.5 cm³/mol. The van der Waals surface area contributed by atoms with Gasteiger partial charge in [0, 0.05) is 12.7 Å².